The average molecular weight is 172 g/mol. The topological polar surface area (TPSA) is 23.6 Å². The molecule has 0 fully saturated rings. The fourth-order valence-electron chi connectivity index (χ4n) is 0.767. The molecule has 1 amide bonds. The highest BCUT2D eigenvalue weighted by Crippen LogP contribution is 2.00. The van der Waals surface area contributed by atoms with Gasteiger partial charge in [0.25, 0.3) is 0 Å². The Bertz CT molecular complexity index is 145. The molecule has 0 radical (unpaired) electrons. The number of amides is 1. The van der Waals surface area contributed by atoms with E-state index in [0.717, 1.165) is 6.54 Å². The molecule has 0 aliphatic rings. The highest BCUT2D eigenvalue weighted by atomic mass is 16.2. The van der Waals surface area contributed by atoms with Gasteiger partial charge < -0.3 is 9.80 Å². The summed E-state index contributed by atoms with van der Waals surface area (Å²) < 4.78 is 0. The number of carbonyl (C=O) groups excluding carboxylic acids is 1. The molecule has 0 rings (SSSR count). The minimum Gasteiger partial charge on any atom is -0.346 e. The van der Waals surface area contributed by atoms with Gasteiger partial charge in [0, 0.05) is 26.1 Å². The zero-order chi connectivity index (χ0) is 9.72. The van der Waals surface area contributed by atoms with Crippen molar-refractivity contribution >= 4 is 5.91 Å². The van der Waals surface area contributed by atoms with E-state index in [1.807, 2.05) is 28.1 Å². The second-order valence-corrected chi connectivity index (χ2v) is 3.42. The van der Waals surface area contributed by atoms with Crippen molar-refractivity contribution in [2.75, 3.05) is 27.7 Å². The van der Waals surface area contributed by atoms with Gasteiger partial charge in [0.2, 0.25) is 5.91 Å². The van der Waals surface area contributed by atoms with Crippen LogP contribution in [-0.4, -0.2) is 49.4 Å². The number of rotatable bonds is 4. The quantitative estimate of drug-likeness (QED) is 0.626. The summed E-state index contributed by atoms with van der Waals surface area (Å²) in [6.45, 7) is 4.83. The minimum atomic E-state index is 0.221. The smallest absolute Gasteiger partial charge is 0.223 e. The van der Waals surface area contributed by atoms with Crippen LogP contribution >= 0.6 is 0 Å². The van der Waals surface area contributed by atoms with Gasteiger partial charge in [-0.1, -0.05) is 0 Å². The van der Waals surface area contributed by atoms with Crippen molar-refractivity contribution < 1.29 is 4.79 Å². The van der Waals surface area contributed by atoms with Crippen LogP contribution in [-0.2, 0) is 4.79 Å². The van der Waals surface area contributed by atoms with E-state index >= 15 is 0 Å². The molecule has 3 nitrogen and oxygen atoms in total. The average Bonchev–Trinajstić information content (AvgIpc) is 2.02. The van der Waals surface area contributed by atoms with Crippen molar-refractivity contribution in [2.24, 2.45) is 0 Å². The summed E-state index contributed by atoms with van der Waals surface area (Å²) in [4.78, 5) is 15.2. The van der Waals surface area contributed by atoms with Crippen LogP contribution in [0.2, 0.25) is 0 Å². The summed E-state index contributed by atoms with van der Waals surface area (Å²) in [6, 6.07) is 0.325. The number of carbonyl (C=O) groups is 1. The summed E-state index contributed by atoms with van der Waals surface area (Å²) in [5.41, 5.74) is 0. The van der Waals surface area contributed by atoms with Crippen LogP contribution < -0.4 is 0 Å². The standard InChI is InChI=1S/C9H20N2O/c1-6-11(5)9(12)7-8(2)10(3)4/h8H,6-7H2,1-5H3. The lowest BCUT2D eigenvalue weighted by atomic mass is 10.2. The minimum absolute atomic E-state index is 0.221. The van der Waals surface area contributed by atoms with E-state index in [9.17, 15) is 4.79 Å². The predicted octanol–water partition coefficient (Wildman–Crippen LogP) is 0.805. The van der Waals surface area contributed by atoms with Gasteiger partial charge in [-0.25, -0.2) is 0 Å². The highest BCUT2D eigenvalue weighted by molar-refractivity contribution is 5.76. The van der Waals surface area contributed by atoms with Crippen LogP contribution in [0.1, 0.15) is 20.3 Å². The molecule has 0 bridgehead atoms. The molecule has 1 unspecified atom stereocenters. The summed E-state index contributed by atoms with van der Waals surface area (Å²) in [5, 5.41) is 0. The Morgan fingerprint density at radius 1 is 1.33 bits per heavy atom. The van der Waals surface area contributed by atoms with E-state index in [4.69, 9.17) is 0 Å². The van der Waals surface area contributed by atoms with Crippen LogP contribution in [0.5, 0.6) is 0 Å². The lowest BCUT2D eigenvalue weighted by Crippen LogP contribution is -2.34. The van der Waals surface area contributed by atoms with Crippen LogP contribution in [0.4, 0.5) is 0 Å². The fourth-order valence-corrected chi connectivity index (χ4v) is 0.767. The maximum atomic E-state index is 11.4. The molecular weight excluding hydrogens is 152 g/mol. The van der Waals surface area contributed by atoms with Crippen LogP contribution in [0.15, 0.2) is 0 Å². The Labute approximate surface area is 75.3 Å². The van der Waals surface area contributed by atoms with Gasteiger partial charge in [-0.3, -0.25) is 4.79 Å². The van der Waals surface area contributed by atoms with Crippen molar-refractivity contribution in [3.8, 4) is 0 Å². The van der Waals surface area contributed by atoms with E-state index in [2.05, 4.69) is 11.8 Å². The monoisotopic (exact) mass is 172 g/mol. The first-order valence-corrected chi connectivity index (χ1v) is 4.39. The molecule has 0 aliphatic heterocycles. The molecule has 0 aromatic heterocycles. The summed E-state index contributed by atoms with van der Waals surface area (Å²) in [7, 11) is 5.82. The van der Waals surface area contributed by atoms with E-state index < -0.39 is 0 Å². The molecular formula is C9H20N2O. The lowest BCUT2D eigenvalue weighted by Gasteiger charge is -2.22. The first kappa shape index (κ1) is 11.4. The first-order chi connectivity index (χ1) is 5.49. The van der Waals surface area contributed by atoms with E-state index in [1.165, 1.54) is 0 Å². The molecule has 0 saturated carbocycles. The van der Waals surface area contributed by atoms with Gasteiger partial charge in [0.05, 0.1) is 0 Å². The summed E-state index contributed by atoms with van der Waals surface area (Å²) in [6.07, 6.45) is 0.608. The predicted molar refractivity (Wildman–Crippen MR) is 51.1 cm³/mol. The van der Waals surface area contributed by atoms with Gasteiger partial charge in [-0.15, -0.1) is 0 Å². The molecule has 12 heavy (non-hydrogen) atoms. The van der Waals surface area contributed by atoms with Crippen LogP contribution in [0.3, 0.4) is 0 Å². The molecule has 0 N–H and O–H groups in total. The van der Waals surface area contributed by atoms with E-state index in [-0.39, 0.29) is 5.91 Å². The third kappa shape index (κ3) is 3.72. The molecule has 0 heterocycles. The Kier molecular flexibility index (Phi) is 4.90. The second-order valence-electron chi connectivity index (χ2n) is 3.42. The first-order valence-electron chi connectivity index (χ1n) is 4.39. The summed E-state index contributed by atoms with van der Waals surface area (Å²) in [5.74, 6) is 0.221. The van der Waals surface area contributed by atoms with Gasteiger partial charge in [-0.2, -0.15) is 0 Å². The molecule has 0 aromatic rings. The van der Waals surface area contributed by atoms with Crippen molar-refractivity contribution in [1.29, 1.82) is 0 Å². The fraction of sp³-hybridized carbons (Fsp3) is 0.889. The van der Waals surface area contributed by atoms with Crippen LogP contribution in [0.25, 0.3) is 0 Å². The zero-order valence-electron chi connectivity index (χ0n) is 8.79. The van der Waals surface area contributed by atoms with Gasteiger partial charge in [0.15, 0.2) is 0 Å². The van der Waals surface area contributed by atoms with E-state index in [1.54, 1.807) is 4.90 Å². The van der Waals surface area contributed by atoms with Crippen molar-refractivity contribution in [1.82, 2.24) is 9.80 Å². The van der Waals surface area contributed by atoms with Crippen molar-refractivity contribution in [3.05, 3.63) is 0 Å². The summed E-state index contributed by atoms with van der Waals surface area (Å²) >= 11 is 0. The Morgan fingerprint density at radius 2 is 1.83 bits per heavy atom. The second kappa shape index (κ2) is 5.14. The number of hydrogen-bond donors (Lipinski definition) is 0. The number of nitrogens with zero attached hydrogens (tertiary/aromatic N) is 2. The maximum absolute atomic E-state index is 11.4. The lowest BCUT2D eigenvalue weighted by molar-refractivity contribution is -0.130. The highest BCUT2D eigenvalue weighted by Gasteiger charge is 2.12. The molecule has 0 aliphatic carbocycles. The van der Waals surface area contributed by atoms with E-state index in [0.29, 0.717) is 12.5 Å². The molecule has 0 aromatic carbocycles. The van der Waals surface area contributed by atoms with Crippen molar-refractivity contribution in [3.63, 3.8) is 0 Å². The third-order valence-electron chi connectivity index (χ3n) is 2.25. The third-order valence-corrected chi connectivity index (χ3v) is 2.25. The van der Waals surface area contributed by atoms with Gasteiger partial charge in [-0.05, 0) is 27.9 Å². The van der Waals surface area contributed by atoms with Gasteiger partial charge >= 0.3 is 0 Å². The SMILES string of the molecule is CCN(C)C(=O)CC(C)N(C)C. The Hall–Kier alpha value is -0.570. The van der Waals surface area contributed by atoms with Crippen LogP contribution in [0, 0.1) is 0 Å². The number of hydrogen-bond acceptors (Lipinski definition) is 2. The molecule has 1 atom stereocenters. The maximum Gasteiger partial charge on any atom is 0.223 e. The largest absolute Gasteiger partial charge is 0.346 e. The molecule has 72 valence electrons. The molecule has 3 heteroatoms. The zero-order valence-corrected chi connectivity index (χ0v) is 8.79. The van der Waals surface area contributed by atoms with Crippen molar-refractivity contribution in [2.45, 2.75) is 26.3 Å². The Morgan fingerprint density at radius 3 is 2.17 bits per heavy atom. The van der Waals surface area contributed by atoms with Gasteiger partial charge in [0.1, 0.15) is 0 Å². The Balaban J connectivity index is 3.84. The molecule has 0 saturated heterocycles. The molecule has 0 spiro atoms. The normalized spacial score (nSPS) is 13.2.